The van der Waals surface area contributed by atoms with Gasteiger partial charge in [-0.25, -0.2) is 9.97 Å². The molecule has 2 fully saturated rings. The summed E-state index contributed by atoms with van der Waals surface area (Å²) < 4.78 is 6.94. The van der Waals surface area contributed by atoms with Gasteiger partial charge in [0.15, 0.2) is 0 Å². The molecule has 7 heteroatoms. The Balaban J connectivity index is 1.55. The highest BCUT2D eigenvalue weighted by Gasteiger charge is 2.24. The summed E-state index contributed by atoms with van der Waals surface area (Å²) in [5.41, 5.74) is 3.41. The fraction of sp³-hybridized carbons (Fsp3) is 0.391. The summed E-state index contributed by atoms with van der Waals surface area (Å²) in [6, 6.07) is 10.2. The molecule has 1 saturated carbocycles. The Labute approximate surface area is 174 Å². The van der Waals surface area contributed by atoms with Gasteiger partial charge in [-0.2, -0.15) is 0 Å². The topological polar surface area (TPSA) is 86.1 Å². The smallest absolute Gasteiger partial charge is 0.264 e. The van der Waals surface area contributed by atoms with Crippen molar-refractivity contribution in [2.24, 2.45) is 7.05 Å². The number of ether oxygens (including phenoxy) is 1. The largest absolute Gasteiger partial charge is 0.379 e. The minimum atomic E-state index is -0.123. The van der Waals surface area contributed by atoms with E-state index < -0.39 is 0 Å². The van der Waals surface area contributed by atoms with Gasteiger partial charge in [-0.05, 0) is 30.4 Å². The Morgan fingerprint density at radius 3 is 2.70 bits per heavy atom. The summed E-state index contributed by atoms with van der Waals surface area (Å²) in [6.07, 6.45) is 4.66. The number of fused-ring (bicyclic) bond motifs is 1. The van der Waals surface area contributed by atoms with Crippen molar-refractivity contribution in [1.82, 2.24) is 14.5 Å². The van der Waals surface area contributed by atoms with Crippen molar-refractivity contribution < 1.29 is 9.53 Å². The second-order valence-corrected chi connectivity index (χ2v) is 8.22. The van der Waals surface area contributed by atoms with Crippen molar-refractivity contribution in [2.75, 3.05) is 18.5 Å². The Hall–Kier alpha value is -3.06. The molecule has 154 valence electrons. The van der Waals surface area contributed by atoms with Gasteiger partial charge in [0.1, 0.15) is 17.0 Å². The van der Waals surface area contributed by atoms with Gasteiger partial charge in [0.2, 0.25) is 0 Å². The summed E-state index contributed by atoms with van der Waals surface area (Å²) in [7, 11) is 1.69. The summed E-state index contributed by atoms with van der Waals surface area (Å²) >= 11 is 0. The van der Waals surface area contributed by atoms with Crippen LogP contribution in [-0.2, 0) is 16.6 Å². The van der Waals surface area contributed by atoms with Gasteiger partial charge >= 0.3 is 0 Å². The number of anilines is 1. The van der Waals surface area contributed by atoms with Gasteiger partial charge in [-0.1, -0.05) is 24.3 Å². The number of Topliss-reactive ketones (excluding diaryl/α,β-unsaturated/α-hetero) is 1. The molecule has 0 radical (unpaired) electrons. The molecule has 1 saturated heterocycles. The number of ketones is 1. The van der Waals surface area contributed by atoms with E-state index in [-0.39, 0.29) is 11.6 Å². The number of aromatic nitrogens is 3. The number of nitrogens with zero attached hydrogens (tertiary/aromatic N) is 3. The molecule has 7 nitrogen and oxygen atoms in total. The van der Waals surface area contributed by atoms with E-state index >= 15 is 0 Å². The summed E-state index contributed by atoms with van der Waals surface area (Å²) in [5.74, 6) is 1.22. The number of hydrogen-bond acceptors (Lipinski definition) is 6. The second kappa shape index (κ2) is 7.65. The highest BCUT2D eigenvalue weighted by Crippen LogP contribution is 2.33. The molecule has 5 rings (SSSR count). The number of aryl methyl sites for hydroxylation is 1. The summed E-state index contributed by atoms with van der Waals surface area (Å²) in [4.78, 5) is 33.7. The monoisotopic (exact) mass is 404 g/mol. The molecule has 1 unspecified atom stereocenters. The molecular formula is C23H24N4O3. The molecule has 2 aliphatic rings. The van der Waals surface area contributed by atoms with Crippen molar-refractivity contribution in [3.05, 3.63) is 52.6 Å². The third-order valence-corrected chi connectivity index (χ3v) is 6.10. The fourth-order valence-corrected chi connectivity index (χ4v) is 4.34. The molecule has 1 aliphatic carbocycles. The SMILES string of the molecule is Cn1cnc2cc(-c3ccc(C4CCC(=O)C4)cc3)nc(N[C@@H]3CCOC3)c2c1=O. The van der Waals surface area contributed by atoms with Crippen LogP contribution in [0.25, 0.3) is 22.2 Å². The van der Waals surface area contributed by atoms with Gasteiger partial charge in [-0.3, -0.25) is 9.59 Å². The van der Waals surface area contributed by atoms with Crippen molar-refractivity contribution >= 4 is 22.5 Å². The fourth-order valence-electron chi connectivity index (χ4n) is 4.34. The zero-order valence-electron chi connectivity index (χ0n) is 16.9. The quantitative estimate of drug-likeness (QED) is 0.719. The van der Waals surface area contributed by atoms with Crippen LogP contribution in [0, 0.1) is 0 Å². The minimum Gasteiger partial charge on any atom is -0.379 e. The van der Waals surface area contributed by atoms with Crippen LogP contribution in [0.15, 0.2) is 41.5 Å². The second-order valence-electron chi connectivity index (χ2n) is 8.22. The van der Waals surface area contributed by atoms with Gasteiger partial charge in [0.25, 0.3) is 5.56 Å². The molecule has 2 atom stereocenters. The lowest BCUT2D eigenvalue weighted by atomic mass is 9.96. The van der Waals surface area contributed by atoms with Crippen LogP contribution in [0.4, 0.5) is 5.82 Å². The molecule has 0 bridgehead atoms. The number of nitrogens with one attached hydrogen (secondary N) is 1. The van der Waals surface area contributed by atoms with Crippen molar-refractivity contribution in [3.63, 3.8) is 0 Å². The zero-order chi connectivity index (χ0) is 20.7. The van der Waals surface area contributed by atoms with E-state index in [2.05, 4.69) is 22.4 Å². The number of benzene rings is 1. The van der Waals surface area contributed by atoms with Crippen LogP contribution in [0.1, 0.15) is 37.2 Å². The van der Waals surface area contributed by atoms with Gasteiger partial charge in [-0.15, -0.1) is 0 Å². The average Bonchev–Trinajstić information content (AvgIpc) is 3.42. The predicted molar refractivity (Wildman–Crippen MR) is 115 cm³/mol. The number of rotatable bonds is 4. The Morgan fingerprint density at radius 1 is 1.17 bits per heavy atom. The van der Waals surface area contributed by atoms with Gasteiger partial charge in [0, 0.05) is 32.1 Å². The third-order valence-electron chi connectivity index (χ3n) is 6.10. The molecule has 3 aromatic rings. The van der Waals surface area contributed by atoms with Crippen molar-refractivity contribution in [3.8, 4) is 11.3 Å². The van der Waals surface area contributed by atoms with E-state index in [0.717, 1.165) is 24.1 Å². The van der Waals surface area contributed by atoms with Crippen molar-refractivity contribution in [1.29, 1.82) is 0 Å². The first-order valence-electron chi connectivity index (χ1n) is 10.4. The Bertz CT molecular complexity index is 1160. The number of hydrogen-bond donors (Lipinski definition) is 1. The molecule has 3 heterocycles. The van der Waals surface area contributed by atoms with Crippen LogP contribution in [0.3, 0.4) is 0 Å². The molecule has 0 spiro atoms. The highest BCUT2D eigenvalue weighted by atomic mass is 16.5. The maximum absolute atomic E-state index is 12.8. The average molecular weight is 404 g/mol. The lowest BCUT2D eigenvalue weighted by molar-refractivity contribution is -0.117. The molecule has 1 N–H and O–H groups in total. The number of pyridine rings is 1. The van der Waals surface area contributed by atoms with Crippen LogP contribution < -0.4 is 10.9 Å². The van der Waals surface area contributed by atoms with E-state index in [4.69, 9.17) is 9.72 Å². The molecule has 1 aliphatic heterocycles. The lowest BCUT2D eigenvalue weighted by Gasteiger charge is -2.15. The Morgan fingerprint density at radius 2 is 2.00 bits per heavy atom. The molecule has 1 aromatic carbocycles. The first-order chi connectivity index (χ1) is 14.6. The van der Waals surface area contributed by atoms with E-state index in [0.29, 0.717) is 54.5 Å². The van der Waals surface area contributed by atoms with Gasteiger partial charge in [0.05, 0.1) is 30.2 Å². The highest BCUT2D eigenvalue weighted by molar-refractivity contribution is 5.91. The lowest BCUT2D eigenvalue weighted by Crippen LogP contribution is -2.24. The summed E-state index contributed by atoms with van der Waals surface area (Å²) in [5, 5.41) is 3.89. The molecule has 0 amide bonds. The van der Waals surface area contributed by atoms with Crippen molar-refractivity contribution in [2.45, 2.75) is 37.6 Å². The maximum Gasteiger partial charge on any atom is 0.264 e. The van der Waals surface area contributed by atoms with Crippen LogP contribution in [0.2, 0.25) is 0 Å². The number of carbonyl (C=O) groups excluding carboxylic acids is 1. The molecule has 30 heavy (non-hydrogen) atoms. The predicted octanol–water partition coefficient (Wildman–Crippen LogP) is 3.03. The molecular weight excluding hydrogens is 380 g/mol. The first kappa shape index (κ1) is 18.9. The van der Waals surface area contributed by atoms with E-state index in [1.165, 1.54) is 16.5 Å². The first-order valence-corrected chi connectivity index (χ1v) is 10.4. The maximum atomic E-state index is 12.8. The van der Waals surface area contributed by atoms with E-state index in [1.807, 2.05) is 18.2 Å². The standard InChI is InChI=1S/C23H24N4O3/c1-27-13-24-20-11-19(15-4-2-14(3-5-15)16-6-7-18(28)10-16)26-22(21(20)23(27)29)25-17-8-9-30-12-17/h2-5,11,13,16-17H,6-10,12H2,1H3,(H,25,26)/t16?,17-/m1/s1. The van der Waals surface area contributed by atoms with Crippen LogP contribution >= 0.6 is 0 Å². The van der Waals surface area contributed by atoms with E-state index in [1.54, 1.807) is 7.05 Å². The third kappa shape index (κ3) is 3.50. The Kier molecular flexibility index (Phi) is 4.83. The van der Waals surface area contributed by atoms with Crippen LogP contribution in [-0.4, -0.2) is 39.6 Å². The minimum absolute atomic E-state index is 0.123. The summed E-state index contributed by atoms with van der Waals surface area (Å²) in [6.45, 7) is 1.31. The molecule has 2 aromatic heterocycles. The van der Waals surface area contributed by atoms with Crippen LogP contribution in [0.5, 0.6) is 0 Å². The zero-order valence-corrected chi connectivity index (χ0v) is 16.9. The number of carbonyl (C=O) groups is 1. The van der Waals surface area contributed by atoms with E-state index in [9.17, 15) is 9.59 Å². The normalized spacial score (nSPS) is 21.4. The van der Waals surface area contributed by atoms with Gasteiger partial charge < -0.3 is 14.6 Å².